The summed E-state index contributed by atoms with van der Waals surface area (Å²) in [7, 11) is 0. The quantitative estimate of drug-likeness (QED) is 0.655. The summed E-state index contributed by atoms with van der Waals surface area (Å²) in [6.07, 6.45) is 0.960. The molecule has 1 aromatic rings. The van der Waals surface area contributed by atoms with Crippen LogP contribution in [0.1, 0.15) is 19.4 Å². The number of hydrogen-bond donors (Lipinski definition) is 2. The zero-order chi connectivity index (χ0) is 11.3. The van der Waals surface area contributed by atoms with E-state index in [4.69, 9.17) is 5.73 Å². The van der Waals surface area contributed by atoms with Crippen LogP contribution in [-0.4, -0.2) is 12.5 Å². The molecule has 1 aromatic carbocycles. The molecule has 3 N–H and O–H groups in total. The maximum Gasteiger partial charge on any atom is 0.193 e. The fourth-order valence-electron chi connectivity index (χ4n) is 1.32. The summed E-state index contributed by atoms with van der Waals surface area (Å²) in [5, 5.41) is 3.10. The third kappa shape index (κ3) is 3.55. The van der Waals surface area contributed by atoms with E-state index in [2.05, 4.69) is 39.2 Å². The van der Waals surface area contributed by atoms with Crippen molar-refractivity contribution in [1.82, 2.24) is 0 Å². The third-order valence-corrected chi connectivity index (χ3v) is 2.53. The van der Waals surface area contributed by atoms with Gasteiger partial charge in [0.2, 0.25) is 0 Å². The topological polar surface area (TPSA) is 50.4 Å². The normalized spacial score (nSPS) is 11.5. The van der Waals surface area contributed by atoms with Crippen molar-refractivity contribution in [3.63, 3.8) is 0 Å². The Hall–Kier alpha value is -1.03. The number of halogens is 1. The zero-order valence-corrected chi connectivity index (χ0v) is 10.6. The first-order valence-corrected chi connectivity index (χ1v) is 5.82. The monoisotopic (exact) mass is 269 g/mol. The Morgan fingerprint density at radius 2 is 2.20 bits per heavy atom. The maximum atomic E-state index is 5.71. The van der Waals surface area contributed by atoms with Crippen molar-refractivity contribution < 1.29 is 0 Å². The van der Waals surface area contributed by atoms with Crippen LogP contribution in [0.2, 0.25) is 0 Å². The smallest absolute Gasteiger partial charge is 0.193 e. The van der Waals surface area contributed by atoms with Gasteiger partial charge in [0, 0.05) is 16.7 Å². The average Bonchev–Trinajstić information content (AvgIpc) is 2.21. The Morgan fingerprint density at radius 1 is 1.47 bits per heavy atom. The van der Waals surface area contributed by atoms with Crippen LogP contribution in [0.15, 0.2) is 27.7 Å². The number of nitrogens with two attached hydrogens (primary N) is 1. The number of aliphatic imine (C=N–C) groups is 1. The number of nitrogens with zero attached hydrogens (tertiary/aromatic N) is 1. The van der Waals surface area contributed by atoms with Gasteiger partial charge < -0.3 is 11.1 Å². The summed E-state index contributed by atoms with van der Waals surface area (Å²) in [5.41, 5.74) is 7.95. The largest absolute Gasteiger partial charge is 0.370 e. The standard InChI is InChI=1S/C11H16BrN3/c1-3-8-7-9(12)5-6-10(8)15-11(13)14-4-2/h5-7H,3-4H2,1-2H3,(H3,13,14,15). The lowest BCUT2D eigenvalue weighted by molar-refractivity contribution is 1.11. The van der Waals surface area contributed by atoms with Crippen molar-refractivity contribution in [3.05, 3.63) is 28.2 Å². The lowest BCUT2D eigenvalue weighted by Gasteiger charge is -2.10. The highest BCUT2D eigenvalue weighted by Crippen LogP contribution is 2.21. The minimum atomic E-state index is 0.467. The number of nitrogens with one attached hydrogen (secondary N) is 1. The molecule has 0 fully saturated rings. The van der Waals surface area contributed by atoms with Gasteiger partial charge in [-0.1, -0.05) is 22.9 Å². The average molecular weight is 270 g/mol. The van der Waals surface area contributed by atoms with E-state index in [1.54, 1.807) is 0 Å². The van der Waals surface area contributed by atoms with Gasteiger partial charge >= 0.3 is 0 Å². The molecule has 0 saturated heterocycles. The molecular weight excluding hydrogens is 254 g/mol. The molecule has 3 nitrogen and oxygen atoms in total. The Labute approximate surface area is 98.9 Å². The predicted octanol–water partition coefficient (Wildman–Crippen LogP) is 2.76. The van der Waals surface area contributed by atoms with Gasteiger partial charge in [-0.2, -0.15) is 0 Å². The van der Waals surface area contributed by atoms with Crippen molar-refractivity contribution in [2.24, 2.45) is 10.7 Å². The summed E-state index contributed by atoms with van der Waals surface area (Å²) >= 11 is 3.44. The van der Waals surface area contributed by atoms with Crippen molar-refractivity contribution in [1.29, 1.82) is 0 Å². The fourth-order valence-corrected chi connectivity index (χ4v) is 1.73. The second-order valence-corrected chi connectivity index (χ2v) is 4.06. The molecular formula is C11H16BrN3. The van der Waals surface area contributed by atoms with Crippen LogP contribution in [-0.2, 0) is 6.42 Å². The first-order chi connectivity index (χ1) is 7.17. The van der Waals surface area contributed by atoms with Gasteiger partial charge in [-0.05, 0) is 37.1 Å². The van der Waals surface area contributed by atoms with E-state index >= 15 is 0 Å². The van der Waals surface area contributed by atoms with Crippen molar-refractivity contribution in [3.8, 4) is 0 Å². The van der Waals surface area contributed by atoms with Gasteiger partial charge in [-0.25, -0.2) is 0 Å². The Morgan fingerprint density at radius 3 is 2.80 bits per heavy atom. The van der Waals surface area contributed by atoms with Crippen LogP contribution in [0.3, 0.4) is 0 Å². The summed E-state index contributed by atoms with van der Waals surface area (Å²) in [6.45, 7) is 4.76. The number of rotatable bonds is 3. The summed E-state index contributed by atoms with van der Waals surface area (Å²) in [4.78, 5) is 4.09. The summed E-state index contributed by atoms with van der Waals surface area (Å²) in [5.74, 6) is 0.467. The first kappa shape index (κ1) is 12.0. The Balaban J connectivity index is 2.89. The molecule has 0 unspecified atom stereocenters. The molecule has 0 aliphatic heterocycles. The molecule has 0 radical (unpaired) electrons. The second-order valence-electron chi connectivity index (χ2n) is 3.14. The molecule has 0 aromatic heterocycles. The molecule has 82 valence electrons. The minimum absolute atomic E-state index is 0.467. The van der Waals surface area contributed by atoms with Crippen LogP contribution >= 0.6 is 15.9 Å². The molecule has 0 heterocycles. The van der Waals surface area contributed by atoms with Gasteiger partial charge in [0.25, 0.3) is 0 Å². The van der Waals surface area contributed by atoms with Crippen molar-refractivity contribution in [2.75, 3.05) is 11.9 Å². The maximum absolute atomic E-state index is 5.71. The number of aryl methyl sites for hydroxylation is 1. The van der Waals surface area contributed by atoms with E-state index in [1.165, 1.54) is 5.56 Å². The lowest BCUT2D eigenvalue weighted by atomic mass is 10.1. The highest BCUT2D eigenvalue weighted by molar-refractivity contribution is 9.10. The van der Waals surface area contributed by atoms with Crippen LogP contribution in [0, 0.1) is 0 Å². The van der Waals surface area contributed by atoms with Crippen molar-refractivity contribution >= 4 is 27.6 Å². The van der Waals surface area contributed by atoms with E-state index in [0.29, 0.717) is 12.5 Å². The molecule has 0 amide bonds. The van der Waals surface area contributed by atoms with Crippen molar-refractivity contribution in [2.45, 2.75) is 20.3 Å². The van der Waals surface area contributed by atoms with E-state index < -0.39 is 0 Å². The predicted molar refractivity (Wildman–Crippen MR) is 69.3 cm³/mol. The minimum Gasteiger partial charge on any atom is -0.370 e. The molecule has 0 atom stereocenters. The summed E-state index contributed by atoms with van der Waals surface area (Å²) < 4.78 is 1.08. The Bertz CT molecular complexity index is 361. The number of hydrogen-bond acceptors (Lipinski definition) is 1. The van der Waals surface area contributed by atoms with E-state index in [0.717, 1.165) is 16.6 Å². The highest BCUT2D eigenvalue weighted by atomic mass is 79.9. The molecule has 0 saturated carbocycles. The van der Waals surface area contributed by atoms with Crippen LogP contribution in [0.4, 0.5) is 5.69 Å². The second kappa shape index (κ2) is 5.75. The highest BCUT2D eigenvalue weighted by Gasteiger charge is 2.02. The van der Waals surface area contributed by atoms with Gasteiger partial charge in [-0.15, -0.1) is 0 Å². The van der Waals surface area contributed by atoms with Gasteiger partial charge in [-0.3, -0.25) is 4.99 Å². The molecule has 15 heavy (non-hydrogen) atoms. The van der Waals surface area contributed by atoms with Gasteiger partial charge in [0.15, 0.2) is 5.96 Å². The van der Waals surface area contributed by atoms with Crippen LogP contribution in [0.5, 0.6) is 0 Å². The molecule has 0 bridgehead atoms. The van der Waals surface area contributed by atoms with Crippen LogP contribution in [0.25, 0.3) is 0 Å². The molecule has 1 rings (SSSR count). The van der Waals surface area contributed by atoms with E-state index in [9.17, 15) is 0 Å². The van der Waals surface area contributed by atoms with E-state index in [1.807, 2.05) is 19.1 Å². The zero-order valence-electron chi connectivity index (χ0n) is 9.05. The third-order valence-electron chi connectivity index (χ3n) is 2.04. The Kier molecular flexibility index (Phi) is 4.62. The van der Waals surface area contributed by atoms with Crippen LogP contribution < -0.4 is 11.1 Å². The molecule has 0 spiro atoms. The van der Waals surface area contributed by atoms with E-state index in [-0.39, 0.29) is 0 Å². The lowest BCUT2D eigenvalue weighted by Crippen LogP contribution is -2.23. The fraction of sp³-hybridized carbons (Fsp3) is 0.364. The number of guanidine groups is 1. The number of benzene rings is 1. The number of anilines is 1. The molecule has 0 aliphatic rings. The molecule has 4 heteroatoms. The molecule has 0 aliphatic carbocycles. The van der Waals surface area contributed by atoms with Gasteiger partial charge in [0.1, 0.15) is 0 Å². The summed E-state index contributed by atoms with van der Waals surface area (Å²) in [6, 6.07) is 6.07. The SMILES string of the molecule is CCN=C(N)Nc1ccc(Br)cc1CC. The van der Waals surface area contributed by atoms with Gasteiger partial charge in [0.05, 0.1) is 0 Å². The first-order valence-electron chi connectivity index (χ1n) is 5.02.